The molecule has 1 unspecified atom stereocenters. The number of allylic oxidation sites excluding steroid dienone is 1. The Morgan fingerprint density at radius 2 is 1.95 bits per heavy atom. The summed E-state index contributed by atoms with van der Waals surface area (Å²) >= 11 is 0. The van der Waals surface area contributed by atoms with E-state index in [-0.39, 0.29) is 6.04 Å². The van der Waals surface area contributed by atoms with E-state index in [0.29, 0.717) is 5.56 Å². The molecule has 1 aromatic rings. The fourth-order valence-electron chi connectivity index (χ4n) is 2.82. The fraction of sp³-hybridized carbons (Fsp3) is 0.529. The Bertz CT molecular complexity index is 491. The number of alkyl halides is 3. The van der Waals surface area contributed by atoms with E-state index in [1.54, 1.807) is 19.1 Å². The van der Waals surface area contributed by atoms with Crippen LogP contribution in [-0.4, -0.2) is 6.54 Å². The van der Waals surface area contributed by atoms with Crippen LogP contribution in [0.15, 0.2) is 35.9 Å². The number of benzene rings is 1. The lowest BCUT2D eigenvalue weighted by atomic mass is 9.97. The molecule has 0 saturated heterocycles. The molecule has 116 valence electrons. The second-order valence-electron chi connectivity index (χ2n) is 5.62. The molecule has 0 radical (unpaired) electrons. The van der Waals surface area contributed by atoms with Crippen molar-refractivity contribution in [1.29, 1.82) is 0 Å². The Kier molecular flexibility index (Phi) is 5.45. The highest BCUT2D eigenvalue weighted by atomic mass is 19.4. The van der Waals surface area contributed by atoms with Crippen LogP contribution in [0.5, 0.6) is 0 Å². The number of nitrogens with one attached hydrogen (secondary N) is 1. The third-order valence-electron chi connectivity index (χ3n) is 4.01. The van der Waals surface area contributed by atoms with Gasteiger partial charge in [0, 0.05) is 6.04 Å². The quantitative estimate of drug-likeness (QED) is 0.732. The van der Waals surface area contributed by atoms with Crippen molar-refractivity contribution < 1.29 is 13.2 Å². The summed E-state index contributed by atoms with van der Waals surface area (Å²) < 4.78 is 39.0. The molecule has 1 aromatic carbocycles. The second-order valence-corrected chi connectivity index (χ2v) is 5.62. The smallest absolute Gasteiger partial charge is 0.310 e. The average molecular weight is 297 g/mol. The van der Waals surface area contributed by atoms with Gasteiger partial charge in [0.05, 0.1) is 5.56 Å². The molecule has 0 bridgehead atoms. The van der Waals surface area contributed by atoms with Gasteiger partial charge in [0.1, 0.15) is 0 Å². The van der Waals surface area contributed by atoms with Crippen LogP contribution in [0, 0.1) is 0 Å². The van der Waals surface area contributed by atoms with Crippen LogP contribution in [0.25, 0.3) is 0 Å². The second kappa shape index (κ2) is 7.12. The third-order valence-corrected chi connectivity index (χ3v) is 4.01. The van der Waals surface area contributed by atoms with E-state index in [2.05, 4.69) is 11.4 Å². The Hall–Kier alpha value is -1.29. The van der Waals surface area contributed by atoms with Gasteiger partial charge < -0.3 is 5.32 Å². The van der Waals surface area contributed by atoms with Gasteiger partial charge in [0.2, 0.25) is 0 Å². The third kappa shape index (κ3) is 4.60. The summed E-state index contributed by atoms with van der Waals surface area (Å²) in [5.41, 5.74) is 1.22. The number of halogens is 3. The van der Waals surface area contributed by atoms with Crippen molar-refractivity contribution in [3.63, 3.8) is 0 Å². The maximum absolute atomic E-state index is 13.0. The molecule has 0 fully saturated rings. The molecule has 0 spiro atoms. The SMILES string of the molecule is CC(NCCC1=CCCCC1)c1ccccc1C(F)(F)F. The first-order valence-electron chi connectivity index (χ1n) is 7.56. The van der Waals surface area contributed by atoms with Gasteiger partial charge in [0.15, 0.2) is 0 Å². The summed E-state index contributed by atoms with van der Waals surface area (Å²) in [6.45, 7) is 2.51. The number of hydrogen-bond acceptors (Lipinski definition) is 1. The van der Waals surface area contributed by atoms with Crippen LogP contribution in [0.3, 0.4) is 0 Å². The number of rotatable bonds is 5. The topological polar surface area (TPSA) is 12.0 Å². The van der Waals surface area contributed by atoms with Gasteiger partial charge in [-0.1, -0.05) is 29.8 Å². The van der Waals surface area contributed by atoms with Crippen LogP contribution in [-0.2, 0) is 6.18 Å². The molecule has 1 atom stereocenters. The van der Waals surface area contributed by atoms with Crippen LogP contribution >= 0.6 is 0 Å². The summed E-state index contributed by atoms with van der Waals surface area (Å²) in [5.74, 6) is 0. The Labute approximate surface area is 124 Å². The van der Waals surface area contributed by atoms with Crippen molar-refractivity contribution in [2.75, 3.05) is 6.54 Å². The maximum Gasteiger partial charge on any atom is 0.416 e. The van der Waals surface area contributed by atoms with E-state index in [1.807, 2.05) is 0 Å². The molecule has 0 aromatic heterocycles. The Morgan fingerprint density at radius 3 is 2.62 bits per heavy atom. The Morgan fingerprint density at radius 1 is 1.19 bits per heavy atom. The first-order valence-corrected chi connectivity index (χ1v) is 7.56. The fourth-order valence-corrected chi connectivity index (χ4v) is 2.82. The summed E-state index contributed by atoms with van der Waals surface area (Å²) in [4.78, 5) is 0. The predicted molar refractivity (Wildman–Crippen MR) is 79.0 cm³/mol. The van der Waals surface area contributed by atoms with Crippen molar-refractivity contribution >= 4 is 0 Å². The molecule has 0 amide bonds. The summed E-state index contributed by atoms with van der Waals surface area (Å²) in [7, 11) is 0. The lowest BCUT2D eigenvalue weighted by molar-refractivity contribution is -0.138. The van der Waals surface area contributed by atoms with Gasteiger partial charge >= 0.3 is 6.18 Å². The van der Waals surface area contributed by atoms with Gasteiger partial charge in [-0.3, -0.25) is 0 Å². The van der Waals surface area contributed by atoms with Crippen molar-refractivity contribution in [3.8, 4) is 0 Å². The number of hydrogen-bond donors (Lipinski definition) is 1. The maximum atomic E-state index is 13.0. The summed E-state index contributed by atoms with van der Waals surface area (Å²) in [5, 5.41) is 3.22. The summed E-state index contributed by atoms with van der Waals surface area (Å²) in [6, 6.07) is 5.50. The van der Waals surface area contributed by atoms with Crippen molar-refractivity contribution in [1.82, 2.24) is 5.32 Å². The molecule has 1 N–H and O–H groups in total. The molecule has 1 aliphatic carbocycles. The van der Waals surface area contributed by atoms with E-state index in [0.717, 1.165) is 31.9 Å². The largest absolute Gasteiger partial charge is 0.416 e. The van der Waals surface area contributed by atoms with Crippen molar-refractivity contribution in [3.05, 3.63) is 47.0 Å². The molecule has 2 rings (SSSR count). The minimum absolute atomic E-state index is 0.299. The first kappa shape index (κ1) is 16.1. The van der Waals surface area contributed by atoms with E-state index >= 15 is 0 Å². The molecule has 21 heavy (non-hydrogen) atoms. The Balaban J connectivity index is 1.94. The molecule has 0 aliphatic heterocycles. The normalized spacial score (nSPS) is 17.4. The molecular formula is C17H22F3N. The lowest BCUT2D eigenvalue weighted by Crippen LogP contribution is -2.23. The lowest BCUT2D eigenvalue weighted by Gasteiger charge is -2.20. The van der Waals surface area contributed by atoms with Gasteiger partial charge in [-0.25, -0.2) is 0 Å². The molecule has 1 aliphatic rings. The highest BCUT2D eigenvalue weighted by Crippen LogP contribution is 2.34. The monoisotopic (exact) mass is 297 g/mol. The van der Waals surface area contributed by atoms with E-state index < -0.39 is 11.7 Å². The molecular weight excluding hydrogens is 275 g/mol. The van der Waals surface area contributed by atoms with Gasteiger partial charge in [-0.2, -0.15) is 13.2 Å². The van der Waals surface area contributed by atoms with Crippen molar-refractivity contribution in [2.24, 2.45) is 0 Å². The first-order chi connectivity index (χ1) is 9.98. The minimum atomic E-state index is -4.29. The molecule has 4 heteroatoms. The average Bonchev–Trinajstić information content (AvgIpc) is 2.47. The predicted octanol–water partition coefficient (Wildman–Crippen LogP) is 5.25. The van der Waals surface area contributed by atoms with E-state index in [1.165, 1.54) is 24.5 Å². The zero-order valence-corrected chi connectivity index (χ0v) is 12.3. The highest BCUT2D eigenvalue weighted by molar-refractivity contribution is 5.32. The van der Waals surface area contributed by atoms with Gasteiger partial charge in [0.25, 0.3) is 0 Å². The van der Waals surface area contributed by atoms with E-state index in [4.69, 9.17) is 0 Å². The van der Waals surface area contributed by atoms with E-state index in [9.17, 15) is 13.2 Å². The molecule has 1 nitrogen and oxygen atoms in total. The van der Waals surface area contributed by atoms with Gasteiger partial charge in [-0.05, 0) is 57.2 Å². The van der Waals surface area contributed by atoms with Crippen LogP contribution in [0.1, 0.15) is 56.2 Å². The standard InChI is InChI=1S/C17H22F3N/c1-13(21-12-11-14-7-3-2-4-8-14)15-9-5-6-10-16(15)17(18,19)20/h5-7,9-10,13,21H,2-4,8,11-12H2,1H3. The zero-order chi connectivity index (χ0) is 15.3. The van der Waals surface area contributed by atoms with Crippen LogP contribution < -0.4 is 5.32 Å². The zero-order valence-electron chi connectivity index (χ0n) is 12.3. The highest BCUT2D eigenvalue weighted by Gasteiger charge is 2.33. The summed E-state index contributed by atoms with van der Waals surface area (Å²) in [6.07, 6.45) is 3.68. The van der Waals surface area contributed by atoms with Crippen LogP contribution in [0.2, 0.25) is 0 Å². The van der Waals surface area contributed by atoms with Gasteiger partial charge in [-0.15, -0.1) is 0 Å². The molecule has 0 heterocycles. The minimum Gasteiger partial charge on any atom is -0.310 e. The molecule has 0 saturated carbocycles. The van der Waals surface area contributed by atoms with Crippen LogP contribution in [0.4, 0.5) is 13.2 Å². The van der Waals surface area contributed by atoms with Crippen molar-refractivity contribution in [2.45, 2.75) is 51.2 Å².